The summed E-state index contributed by atoms with van der Waals surface area (Å²) in [6.07, 6.45) is 2.41. The van der Waals surface area contributed by atoms with E-state index in [9.17, 15) is 0 Å². The topological polar surface area (TPSA) is 15.3 Å². The van der Waals surface area contributed by atoms with Crippen LogP contribution < -0.4 is 5.32 Å². The summed E-state index contributed by atoms with van der Waals surface area (Å²) in [4.78, 5) is 2.41. The Morgan fingerprint density at radius 3 is 2.26 bits per heavy atom. The second-order valence-corrected chi connectivity index (χ2v) is 6.57. The molecule has 0 atom stereocenters. The molecule has 1 rings (SSSR count). The molecule has 0 amide bonds. The molecular formula is C17H30N2. The molecule has 0 spiro atoms. The number of benzene rings is 1. The Hall–Kier alpha value is -0.860. The Bertz CT molecular complexity index is 349. The van der Waals surface area contributed by atoms with Gasteiger partial charge < -0.3 is 10.2 Å². The lowest BCUT2D eigenvalue weighted by atomic mass is 10.1. The van der Waals surface area contributed by atoms with Gasteiger partial charge in [0.25, 0.3) is 0 Å². The summed E-state index contributed by atoms with van der Waals surface area (Å²) in [6, 6.07) is 8.89. The summed E-state index contributed by atoms with van der Waals surface area (Å²) in [5.74, 6) is 0. The average molecular weight is 262 g/mol. The molecule has 0 aromatic heterocycles. The van der Waals surface area contributed by atoms with Gasteiger partial charge in [-0.1, -0.05) is 29.8 Å². The van der Waals surface area contributed by atoms with Crippen LogP contribution in [0.3, 0.4) is 0 Å². The molecule has 0 radical (unpaired) electrons. The van der Waals surface area contributed by atoms with E-state index in [0.29, 0.717) is 0 Å². The zero-order chi connectivity index (χ0) is 14.3. The summed E-state index contributed by atoms with van der Waals surface area (Å²) in [5.41, 5.74) is 3.02. The summed E-state index contributed by atoms with van der Waals surface area (Å²) in [6.45, 7) is 12.1. The number of nitrogens with zero attached hydrogens (tertiary/aromatic N) is 1. The first-order valence-corrected chi connectivity index (χ1v) is 7.36. The van der Waals surface area contributed by atoms with Gasteiger partial charge in [-0.2, -0.15) is 0 Å². The van der Waals surface area contributed by atoms with Crippen LogP contribution in [0.2, 0.25) is 0 Å². The molecule has 0 saturated carbocycles. The predicted molar refractivity (Wildman–Crippen MR) is 84.8 cm³/mol. The third kappa shape index (κ3) is 8.02. The fourth-order valence-corrected chi connectivity index (χ4v) is 2.04. The van der Waals surface area contributed by atoms with Crippen LogP contribution in [0, 0.1) is 6.92 Å². The molecule has 1 N–H and O–H groups in total. The molecule has 0 heterocycles. The lowest BCUT2D eigenvalue weighted by molar-refractivity contribution is 0.306. The second kappa shape index (κ2) is 7.66. The van der Waals surface area contributed by atoms with E-state index in [1.807, 2.05) is 0 Å². The Morgan fingerprint density at radius 2 is 1.68 bits per heavy atom. The molecule has 1 aromatic rings. The SMILES string of the molecule is Cc1ccc(CCCN(C)CCNC(C)(C)C)cc1. The Kier molecular flexibility index (Phi) is 6.53. The standard InChI is InChI=1S/C17H30N2/c1-15-8-10-16(11-9-15)7-6-13-19(5)14-12-18-17(2,3)4/h8-11,18H,6-7,12-14H2,1-5H3. The van der Waals surface area contributed by atoms with Crippen molar-refractivity contribution in [3.05, 3.63) is 35.4 Å². The van der Waals surface area contributed by atoms with Crippen LogP contribution in [0.5, 0.6) is 0 Å². The van der Waals surface area contributed by atoms with Gasteiger partial charge >= 0.3 is 0 Å². The highest BCUT2D eigenvalue weighted by molar-refractivity contribution is 5.21. The number of aryl methyl sites for hydroxylation is 2. The van der Waals surface area contributed by atoms with Crippen LogP contribution in [-0.2, 0) is 6.42 Å². The van der Waals surface area contributed by atoms with Gasteiger partial charge in [0.2, 0.25) is 0 Å². The quantitative estimate of drug-likeness (QED) is 0.811. The van der Waals surface area contributed by atoms with Gasteiger partial charge in [-0.15, -0.1) is 0 Å². The maximum atomic E-state index is 3.53. The molecule has 19 heavy (non-hydrogen) atoms. The van der Waals surface area contributed by atoms with Crippen molar-refractivity contribution in [1.82, 2.24) is 10.2 Å². The van der Waals surface area contributed by atoms with Gasteiger partial charge in [0.15, 0.2) is 0 Å². The Morgan fingerprint density at radius 1 is 1.05 bits per heavy atom. The molecule has 0 aliphatic carbocycles. The van der Waals surface area contributed by atoms with Crippen molar-refractivity contribution in [2.75, 3.05) is 26.7 Å². The van der Waals surface area contributed by atoms with Gasteiger partial charge in [-0.25, -0.2) is 0 Å². The van der Waals surface area contributed by atoms with Crippen molar-refractivity contribution in [3.63, 3.8) is 0 Å². The van der Waals surface area contributed by atoms with Crippen LogP contribution in [0.4, 0.5) is 0 Å². The summed E-state index contributed by atoms with van der Waals surface area (Å²) in [7, 11) is 2.21. The lowest BCUT2D eigenvalue weighted by Crippen LogP contribution is -2.40. The first kappa shape index (κ1) is 16.2. The maximum absolute atomic E-state index is 3.53. The minimum atomic E-state index is 0.225. The van der Waals surface area contributed by atoms with Crippen LogP contribution in [-0.4, -0.2) is 37.1 Å². The molecule has 0 aliphatic heterocycles. The molecule has 0 saturated heterocycles. The van der Waals surface area contributed by atoms with Crippen molar-refractivity contribution >= 4 is 0 Å². The van der Waals surface area contributed by atoms with Crippen LogP contribution in [0.25, 0.3) is 0 Å². The fourth-order valence-electron chi connectivity index (χ4n) is 2.04. The highest BCUT2D eigenvalue weighted by atomic mass is 15.1. The first-order chi connectivity index (χ1) is 8.87. The molecule has 2 heteroatoms. The van der Waals surface area contributed by atoms with Crippen LogP contribution in [0.1, 0.15) is 38.3 Å². The van der Waals surface area contributed by atoms with Crippen LogP contribution >= 0.6 is 0 Å². The number of hydrogen-bond acceptors (Lipinski definition) is 2. The van der Waals surface area contributed by atoms with E-state index >= 15 is 0 Å². The summed E-state index contributed by atoms with van der Waals surface area (Å²) < 4.78 is 0. The van der Waals surface area contributed by atoms with E-state index in [1.54, 1.807) is 0 Å². The molecule has 0 bridgehead atoms. The minimum Gasteiger partial charge on any atom is -0.311 e. The molecule has 108 valence electrons. The maximum Gasteiger partial charge on any atom is 0.0104 e. The van der Waals surface area contributed by atoms with E-state index in [1.165, 1.54) is 30.5 Å². The third-order valence-corrected chi connectivity index (χ3v) is 3.27. The van der Waals surface area contributed by atoms with Gasteiger partial charge in [0, 0.05) is 18.6 Å². The van der Waals surface area contributed by atoms with E-state index < -0.39 is 0 Å². The van der Waals surface area contributed by atoms with E-state index in [0.717, 1.165) is 13.1 Å². The van der Waals surface area contributed by atoms with Gasteiger partial charge in [-0.05, 0) is 59.7 Å². The summed E-state index contributed by atoms with van der Waals surface area (Å²) >= 11 is 0. The van der Waals surface area contributed by atoms with Crippen molar-refractivity contribution in [1.29, 1.82) is 0 Å². The van der Waals surface area contributed by atoms with Crippen molar-refractivity contribution in [2.45, 2.75) is 46.1 Å². The second-order valence-electron chi connectivity index (χ2n) is 6.57. The Balaban J connectivity index is 2.13. The third-order valence-electron chi connectivity index (χ3n) is 3.27. The van der Waals surface area contributed by atoms with Crippen molar-refractivity contribution in [2.24, 2.45) is 0 Å². The first-order valence-electron chi connectivity index (χ1n) is 7.36. The Labute approximate surface area is 119 Å². The minimum absolute atomic E-state index is 0.225. The number of nitrogens with one attached hydrogen (secondary N) is 1. The molecule has 1 aromatic carbocycles. The zero-order valence-corrected chi connectivity index (χ0v) is 13.3. The molecule has 0 aliphatic rings. The largest absolute Gasteiger partial charge is 0.311 e. The zero-order valence-electron chi connectivity index (χ0n) is 13.3. The van der Waals surface area contributed by atoms with Crippen molar-refractivity contribution in [3.8, 4) is 0 Å². The normalized spacial score (nSPS) is 12.1. The lowest BCUT2D eigenvalue weighted by Gasteiger charge is -2.23. The predicted octanol–water partition coefficient (Wildman–Crippen LogP) is 3.25. The summed E-state index contributed by atoms with van der Waals surface area (Å²) in [5, 5.41) is 3.53. The average Bonchev–Trinajstić information content (AvgIpc) is 2.30. The highest BCUT2D eigenvalue weighted by Gasteiger charge is 2.08. The van der Waals surface area contributed by atoms with Crippen LogP contribution in [0.15, 0.2) is 24.3 Å². The van der Waals surface area contributed by atoms with Crippen molar-refractivity contribution < 1.29 is 0 Å². The monoisotopic (exact) mass is 262 g/mol. The van der Waals surface area contributed by atoms with E-state index in [-0.39, 0.29) is 5.54 Å². The number of hydrogen-bond donors (Lipinski definition) is 1. The highest BCUT2D eigenvalue weighted by Crippen LogP contribution is 2.06. The molecule has 0 fully saturated rings. The number of likely N-dealkylation sites (N-methyl/N-ethyl adjacent to an activating group) is 1. The van der Waals surface area contributed by atoms with Gasteiger partial charge in [0.05, 0.1) is 0 Å². The molecule has 2 nitrogen and oxygen atoms in total. The number of rotatable bonds is 7. The van der Waals surface area contributed by atoms with Gasteiger partial charge in [0.1, 0.15) is 0 Å². The fraction of sp³-hybridized carbons (Fsp3) is 0.647. The van der Waals surface area contributed by atoms with Gasteiger partial charge in [-0.3, -0.25) is 0 Å². The van der Waals surface area contributed by atoms with E-state index in [2.05, 4.69) is 69.2 Å². The van der Waals surface area contributed by atoms with E-state index in [4.69, 9.17) is 0 Å². The molecular weight excluding hydrogens is 232 g/mol. The molecule has 0 unspecified atom stereocenters. The smallest absolute Gasteiger partial charge is 0.0104 e.